The third-order valence-electron chi connectivity index (χ3n) is 2.53. The van der Waals surface area contributed by atoms with Crippen molar-refractivity contribution in [3.05, 3.63) is 35.7 Å². The van der Waals surface area contributed by atoms with Crippen molar-refractivity contribution in [3.8, 4) is 0 Å². The second-order valence-electron chi connectivity index (χ2n) is 4.53. The molecule has 6 nitrogen and oxygen atoms in total. The van der Waals surface area contributed by atoms with Gasteiger partial charge in [-0.3, -0.25) is 9.78 Å². The molecule has 0 fully saturated rings. The number of aliphatic carboxylic acids is 1. The largest absolute Gasteiger partial charge is 0.478 e. The van der Waals surface area contributed by atoms with E-state index in [1.54, 1.807) is 12.1 Å². The first-order valence-electron chi connectivity index (χ1n) is 6.29. The average molecular weight is 277 g/mol. The van der Waals surface area contributed by atoms with E-state index < -0.39 is 5.97 Å². The number of rotatable bonds is 7. The molecule has 1 aromatic rings. The molecule has 0 bridgehead atoms. The van der Waals surface area contributed by atoms with Crippen molar-refractivity contribution in [2.75, 3.05) is 27.2 Å². The highest BCUT2D eigenvalue weighted by molar-refractivity contribution is 5.97. The van der Waals surface area contributed by atoms with E-state index in [1.807, 2.05) is 19.0 Å². The first-order chi connectivity index (χ1) is 9.50. The predicted octanol–water partition coefficient (Wildman–Crippen LogP) is 0.861. The number of hydrogen-bond donors (Lipinski definition) is 2. The summed E-state index contributed by atoms with van der Waals surface area (Å²) in [6.45, 7) is 1.43. The zero-order chi connectivity index (χ0) is 15.0. The number of amides is 1. The molecular formula is C14H19N3O3. The summed E-state index contributed by atoms with van der Waals surface area (Å²) in [5, 5.41) is 11.4. The minimum Gasteiger partial charge on any atom is -0.478 e. The summed E-state index contributed by atoms with van der Waals surface area (Å²) in [4.78, 5) is 28.5. The number of carbonyl (C=O) groups is 2. The molecule has 0 aliphatic rings. The zero-order valence-corrected chi connectivity index (χ0v) is 11.7. The monoisotopic (exact) mass is 277 g/mol. The Balaban J connectivity index is 2.65. The van der Waals surface area contributed by atoms with Gasteiger partial charge in [0.25, 0.3) is 5.91 Å². The second-order valence-corrected chi connectivity index (χ2v) is 4.53. The molecule has 108 valence electrons. The van der Waals surface area contributed by atoms with Crippen LogP contribution in [0.15, 0.2) is 24.4 Å². The lowest BCUT2D eigenvalue weighted by atomic mass is 10.1. The van der Waals surface area contributed by atoms with Crippen molar-refractivity contribution >= 4 is 18.0 Å². The molecule has 0 saturated heterocycles. The minimum absolute atomic E-state index is 0.231. The summed E-state index contributed by atoms with van der Waals surface area (Å²) >= 11 is 0. The first-order valence-corrected chi connectivity index (χ1v) is 6.29. The Hall–Kier alpha value is -2.21. The standard InChI is InChI=1S/C14H19N3O3/c1-17(2)10-4-9-16-14(20)13-11(5-3-8-15-13)6-7-12(18)19/h3,5-8H,4,9-10H2,1-2H3,(H,16,20)(H,18,19)/b7-6+. The van der Waals surface area contributed by atoms with E-state index in [0.717, 1.165) is 19.0 Å². The van der Waals surface area contributed by atoms with E-state index in [0.29, 0.717) is 12.1 Å². The quantitative estimate of drug-likeness (QED) is 0.570. The van der Waals surface area contributed by atoms with E-state index >= 15 is 0 Å². The Morgan fingerprint density at radius 1 is 1.45 bits per heavy atom. The number of aromatic nitrogens is 1. The van der Waals surface area contributed by atoms with Gasteiger partial charge in [-0.25, -0.2) is 4.79 Å². The third-order valence-corrected chi connectivity index (χ3v) is 2.53. The number of carboxylic acid groups (broad SMARTS) is 1. The number of carboxylic acids is 1. The summed E-state index contributed by atoms with van der Waals surface area (Å²) in [5.74, 6) is -1.36. The molecule has 0 unspecified atom stereocenters. The summed E-state index contributed by atoms with van der Waals surface area (Å²) in [6, 6.07) is 3.31. The van der Waals surface area contributed by atoms with Crippen molar-refractivity contribution in [1.82, 2.24) is 15.2 Å². The van der Waals surface area contributed by atoms with Crippen LogP contribution < -0.4 is 5.32 Å². The molecule has 0 aliphatic heterocycles. The molecule has 0 spiro atoms. The Labute approximate surface area is 118 Å². The Bertz CT molecular complexity index is 498. The molecule has 1 rings (SSSR count). The molecule has 20 heavy (non-hydrogen) atoms. The molecule has 1 heterocycles. The van der Waals surface area contributed by atoms with Gasteiger partial charge in [0.1, 0.15) is 5.69 Å². The van der Waals surface area contributed by atoms with Gasteiger partial charge in [-0.15, -0.1) is 0 Å². The van der Waals surface area contributed by atoms with Gasteiger partial charge >= 0.3 is 5.97 Å². The maximum Gasteiger partial charge on any atom is 0.328 e. The number of nitrogens with zero attached hydrogens (tertiary/aromatic N) is 2. The maximum atomic E-state index is 12.0. The summed E-state index contributed by atoms with van der Waals surface area (Å²) in [5.41, 5.74) is 0.717. The molecule has 0 atom stereocenters. The fourth-order valence-electron chi connectivity index (χ4n) is 1.58. The molecular weight excluding hydrogens is 258 g/mol. The number of pyridine rings is 1. The van der Waals surface area contributed by atoms with Crippen molar-refractivity contribution in [3.63, 3.8) is 0 Å². The molecule has 2 N–H and O–H groups in total. The van der Waals surface area contributed by atoms with E-state index in [1.165, 1.54) is 12.3 Å². The normalized spacial score (nSPS) is 10.9. The van der Waals surface area contributed by atoms with E-state index in [4.69, 9.17) is 5.11 Å². The van der Waals surface area contributed by atoms with Crippen molar-refractivity contribution < 1.29 is 14.7 Å². The first kappa shape index (κ1) is 15.8. The van der Waals surface area contributed by atoms with E-state index in [9.17, 15) is 9.59 Å². The van der Waals surface area contributed by atoms with Crippen LogP contribution in [-0.4, -0.2) is 54.1 Å². The molecule has 0 radical (unpaired) electrons. The van der Waals surface area contributed by atoms with Gasteiger partial charge < -0.3 is 15.3 Å². The summed E-state index contributed by atoms with van der Waals surface area (Å²) in [7, 11) is 3.94. The smallest absolute Gasteiger partial charge is 0.328 e. The van der Waals surface area contributed by atoms with Crippen LogP contribution in [0.4, 0.5) is 0 Å². The van der Waals surface area contributed by atoms with Gasteiger partial charge in [-0.2, -0.15) is 0 Å². The molecule has 6 heteroatoms. The number of hydrogen-bond acceptors (Lipinski definition) is 4. The lowest BCUT2D eigenvalue weighted by Crippen LogP contribution is -2.28. The molecule has 0 saturated carbocycles. The van der Waals surface area contributed by atoms with Crippen LogP contribution in [0.2, 0.25) is 0 Å². The highest BCUT2D eigenvalue weighted by Gasteiger charge is 2.10. The predicted molar refractivity (Wildman–Crippen MR) is 76.4 cm³/mol. The van der Waals surface area contributed by atoms with Crippen molar-refractivity contribution in [2.24, 2.45) is 0 Å². The Morgan fingerprint density at radius 3 is 2.85 bits per heavy atom. The van der Waals surface area contributed by atoms with Crippen LogP contribution in [-0.2, 0) is 4.79 Å². The van der Waals surface area contributed by atoms with Crippen LogP contribution >= 0.6 is 0 Å². The van der Waals surface area contributed by atoms with Gasteiger partial charge in [0.15, 0.2) is 0 Å². The van der Waals surface area contributed by atoms with Crippen molar-refractivity contribution in [2.45, 2.75) is 6.42 Å². The van der Waals surface area contributed by atoms with Crippen LogP contribution in [0.1, 0.15) is 22.5 Å². The van der Waals surface area contributed by atoms with Gasteiger partial charge in [-0.1, -0.05) is 6.07 Å². The number of carbonyl (C=O) groups excluding carboxylic acids is 1. The highest BCUT2D eigenvalue weighted by Crippen LogP contribution is 2.07. The fourth-order valence-corrected chi connectivity index (χ4v) is 1.58. The second kappa shape index (κ2) is 8.06. The number of nitrogens with one attached hydrogen (secondary N) is 1. The lowest BCUT2D eigenvalue weighted by Gasteiger charge is -2.10. The third kappa shape index (κ3) is 5.62. The van der Waals surface area contributed by atoms with Crippen LogP contribution in [0.3, 0.4) is 0 Å². The fraction of sp³-hybridized carbons (Fsp3) is 0.357. The Morgan fingerprint density at radius 2 is 2.20 bits per heavy atom. The minimum atomic E-state index is -1.06. The summed E-state index contributed by atoms with van der Waals surface area (Å²) in [6.07, 6.45) is 4.70. The van der Waals surface area contributed by atoms with Gasteiger partial charge in [0, 0.05) is 24.4 Å². The van der Waals surface area contributed by atoms with Crippen LogP contribution in [0.5, 0.6) is 0 Å². The Kier molecular flexibility index (Phi) is 6.39. The molecule has 0 aromatic carbocycles. The van der Waals surface area contributed by atoms with Gasteiger partial charge in [0.2, 0.25) is 0 Å². The van der Waals surface area contributed by atoms with Gasteiger partial charge in [0.05, 0.1) is 0 Å². The van der Waals surface area contributed by atoms with E-state index in [2.05, 4.69) is 10.3 Å². The SMILES string of the molecule is CN(C)CCCNC(=O)c1ncccc1/C=C/C(=O)O. The zero-order valence-electron chi connectivity index (χ0n) is 11.7. The topological polar surface area (TPSA) is 82.5 Å². The van der Waals surface area contributed by atoms with Gasteiger partial charge in [-0.05, 0) is 39.2 Å². The highest BCUT2D eigenvalue weighted by atomic mass is 16.4. The molecule has 1 amide bonds. The lowest BCUT2D eigenvalue weighted by molar-refractivity contribution is -0.131. The van der Waals surface area contributed by atoms with Crippen molar-refractivity contribution in [1.29, 1.82) is 0 Å². The van der Waals surface area contributed by atoms with E-state index in [-0.39, 0.29) is 11.6 Å². The van der Waals surface area contributed by atoms with Crippen LogP contribution in [0.25, 0.3) is 6.08 Å². The average Bonchev–Trinajstić information content (AvgIpc) is 2.41. The molecule has 0 aliphatic carbocycles. The van der Waals surface area contributed by atoms with Crippen LogP contribution in [0, 0.1) is 0 Å². The summed E-state index contributed by atoms with van der Waals surface area (Å²) < 4.78 is 0. The maximum absolute atomic E-state index is 12.0. The molecule has 1 aromatic heterocycles.